The highest BCUT2D eigenvalue weighted by atomic mass is 35.5. The first-order valence-corrected chi connectivity index (χ1v) is 5.32. The summed E-state index contributed by atoms with van der Waals surface area (Å²) < 4.78 is 5.15. The molecule has 1 aromatic carbocycles. The van der Waals surface area contributed by atoms with E-state index in [9.17, 15) is 0 Å². The quantitative estimate of drug-likeness (QED) is 0.762. The van der Waals surface area contributed by atoms with Crippen molar-refractivity contribution >= 4 is 11.6 Å². The number of halogens is 1. The van der Waals surface area contributed by atoms with Crippen molar-refractivity contribution in [3.8, 4) is 22.9 Å². The zero-order valence-electron chi connectivity index (χ0n) is 9.14. The van der Waals surface area contributed by atoms with Gasteiger partial charge in [-0.2, -0.15) is 5.26 Å². The van der Waals surface area contributed by atoms with E-state index >= 15 is 0 Å². The van der Waals surface area contributed by atoms with Gasteiger partial charge in [0.15, 0.2) is 0 Å². The Hall–Kier alpha value is -2.05. The third kappa shape index (κ3) is 2.38. The van der Waals surface area contributed by atoms with Crippen LogP contribution < -0.4 is 4.74 Å². The normalized spacial score (nSPS) is 9.71. The highest BCUT2D eigenvalue weighted by molar-refractivity contribution is 6.30. The molecule has 4 heteroatoms. The number of nitrogens with zero attached hydrogens (tertiary/aromatic N) is 2. The lowest BCUT2D eigenvalue weighted by Crippen LogP contribution is -1.87. The fourth-order valence-electron chi connectivity index (χ4n) is 1.49. The first kappa shape index (κ1) is 11.4. The largest absolute Gasteiger partial charge is 0.497 e. The van der Waals surface area contributed by atoms with Crippen LogP contribution in [0.25, 0.3) is 11.1 Å². The van der Waals surface area contributed by atoms with Crippen molar-refractivity contribution < 1.29 is 4.74 Å². The summed E-state index contributed by atoms with van der Waals surface area (Å²) in [7, 11) is 1.61. The number of benzene rings is 1. The maximum absolute atomic E-state index is 8.89. The molecule has 0 saturated carbocycles. The van der Waals surface area contributed by atoms with Gasteiger partial charge in [-0.1, -0.05) is 23.7 Å². The second-order valence-electron chi connectivity index (χ2n) is 3.41. The molecule has 1 aromatic heterocycles. The number of hydrogen-bond donors (Lipinski definition) is 0. The third-order valence-electron chi connectivity index (χ3n) is 2.36. The van der Waals surface area contributed by atoms with Gasteiger partial charge >= 0.3 is 0 Å². The van der Waals surface area contributed by atoms with Crippen LogP contribution in [-0.2, 0) is 0 Å². The molecule has 0 bridgehead atoms. The molecule has 0 N–H and O–H groups in total. The lowest BCUT2D eigenvalue weighted by molar-refractivity contribution is 0.415. The molecule has 0 aliphatic carbocycles. The minimum absolute atomic E-state index is 0.221. The van der Waals surface area contributed by atoms with Crippen LogP contribution in [0.15, 0.2) is 36.5 Å². The molecule has 0 amide bonds. The van der Waals surface area contributed by atoms with Crippen molar-refractivity contribution in [3.05, 3.63) is 47.2 Å². The Balaban J connectivity index is 2.49. The van der Waals surface area contributed by atoms with Crippen LogP contribution in [0.1, 0.15) is 5.56 Å². The van der Waals surface area contributed by atoms with E-state index in [4.69, 9.17) is 21.6 Å². The molecule has 84 valence electrons. The molecule has 0 radical (unpaired) electrons. The lowest BCUT2D eigenvalue weighted by atomic mass is 10.1. The number of methoxy groups -OCH3 is 1. The maximum Gasteiger partial charge on any atom is 0.146 e. The van der Waals surface area contributed by atoms with Crippen molar-refractivity contribution in [2.24, 2.45) is 0 Å². The first-order chi connectivity index (χ1) is 8.24. The van der Waals surface area contributed by atoms with Gasteiger partial charge < -0.3 is 4.74 Å². The number of nitriles is 1. The highest BCUT2D eigenvalue weighted by Gasteiger charge is 2.05. The van der Waals surface area contributed by atoms with Crippen molar-refractivity contribution in [2.45, 2.75) is 0 Å². The number of aromatic nitrogens is 1. The van der Waals surface area contributed by atoms with E-state index in [1.165, 1.54) is 0 Å². The van der Waals surface area contributed by atoms with Crippen LogP contribution in [0.3, 0.4) is 0 Å². The zero-order chi connectivity index (χ0) is 12.3. The summed E-state index contributed by atoms with van der Waals surface area (Å²) in [5, 5.41) is 9.11. The monoisotopic (exact) mass is 244 g/mol. The second-order valence-corrected chi connectivity index (χ2v) is 3.76. The van der Waals surface area contributed by atoms with E-state index in [1.807, 2.05) is 30.3 Å². The molecule has 17 heavy (non-hydrogen) atoms. The summed E-state index contributed by atoms with van der Waals surface area (Å²) in [6, 6.07) is 11.3. The summed E-state index contributed by atoms with van der Waals surface area (Å²) in [4.78, 5) is 3.98. The standard InChI is InChI=1S/C13H9ClN2O/c1-17-12-4-2-3-9(6-12)11-5-10(7-15)13(14)16-8-11/h2-6,8H,1H3. The Morgan fingerprint density at radius 1 is 1.29 bits per heavy atom. The van der Waals surface area contributed by atoms with E-state index in [0.29, 0.717) is 5.56 Å². The molecule has 0 spiro atoms. The fourth-order valence-corrected chi connectivity index (χ4v) is 1.63. The van der Waals surface area contributed by atoms with Crippen LogP contribution in [0.5, 0.6) is 5.75 Å². The summed E-state index contributed by atoms with van der Waals surface area (Å²) >= 11 is 5.78. The number of hydrogen-bond acceptors (Lipinski definition) is 3. The molecular formula is C13H9ClN2O. The molecule has 3 nitrogen and oxygen atoms in total. The van der Waals surface area contributed by atoms with Gasteiger partial charge in [-0.15, -0.1) is 0 Å². The predicted octanol–water partition coefficient (Wildman–Crippen LogP) is 3.28. The molecule has 0 unspecified atom stereocenters. The number of pyridine rings is 1. The molecule has 0 atom stereocenters. The first-order valence-electron chi connectivity index (χ1n) is 4.94. The van der Waals surface area contributed by atoms with Gasteiger partial charge in [-0.3, -0.25) is 0 Å². The minimum Gasteiger partial charge on any atom is -0.497 e. The third-order valence-corrected chi connectivity index (χ3v) is 2.66. The minimum atomic E-state index is 0.221. The SMILES string of the molecule is COc1cccc(-c2cnc(Cl)c(C#N)c2)c1. The molecule has 0 aliphatic rings. The van der Waals surface area contributed by atoms with Gasteiger partial charge in [0, 0.05) is 11.8 Å². The Bertz CT molecular complexity index is 590. The molecular weight excluding hydrogens is 236 g/mol. The van der Waals surface area contributed by atoms with Gasteiger partial charge in [0.2, 0.25) is 0 Å². The van der Waals surface area contributed by atoms with Crippen LogP contribution in [0.4, 0.5) is 0 Å². The molecule has 0 aliphatic heterocycles. The van der Waals surface area contributed by atoms with E-state index in [2.05, 4.69) is 4.98 Å². The van der Waals surface area contributed by atoms with Crippen LogP contribution in [0, 0.1) is 11.3 Å². The van der Waals surface area contributed by atoms with E-state index < -0.39 is 0 Å². The summed E-state index contributed by atoms with van der Waals surface area (Å²) in [6.45, 7) is 0. The van der Waals surface area contributed by atoms with Crippen LogP contribution in [0.2, 0.25) is 5.15 Å². The van der Waals surface area contributed by atoms with Gasteiger partial charge in [0.05, 0.1) is 12.7 Å². The molecule has 1 heterocycles. The predicted molar refractivity (Wildman–Crippen MR) is 66.0 cm³/mol. The average Bonchev–Trinajstić information content (AvgIpc) is 2.39. The topological polar surface area (TPSA) is 45.9 Å². The number of rotatable bonds is 2. The van der Waals surface area contributed by atoms with Crippen molar-refractivity contribution in [1.29, 1.82) is 5.26 Å². The van der Waals surface area contributed by atoms with Crippen LogP contribution in [-0.4, -0.2) is 12.1 Å². The summed E-state index contributed by atoms with van der Waals surface area (Å²) in [6.07, 6.45) is 1.64. The maximum atomic E-state index is 8.89. The van der Waals surface area contributed by atoms with Gasteiger partial charge in [0.1, 0.15) is 17.0 Å². The Kier molecular flexibility index (Phi) is 3.27. The molecule has 0 saturated heterocycles. The van der Waals surface area contributed by atoms with Crippen molar-refractivity contribution in [2.75, 3.05) is 7.11 Å². The average molecular weight is 245 g/mol. The van der Waals surface area contributed by atoms with Gasteiger partial charge in [-0.25, -0.2) is 4.98 Å². The van der Waals surface area contributed by atoms with E-state index in [0.717, 1.165) is 16.9 Å². The Labute approximate surface area is 104 Å². The zero-order valence-corrected chi connectivity index (χ0v) is 9.90. The molecule has 0 fully saturated rings. The second kappa shape index (κ2) is 4.86. The summed E-state index contributed by atoms with van der Waals surface area (Å²) in [5.74, 6) is 0.760. The van der Waals surface area contributed by atoms with Crippen LogP contribution >= 0.6 is 11.6 Å². The smallest absolute Gasteiger partial charge is 0.146 e. The van der Waals surface area contributed by atoms with Crippen molar-refractivity contribution in [1.82, 2.24) is 4.98 Å². The Morgan fingerprint density at radius 3 is 2.82 bits per heavy atom. The van der Waals surface area contributed by atoms with Crippen molar-refractivity contribution in [3.63, 3.8) is 0 Å². The lowest BCUT2D eigenvalue weighted by Gasteiger charge is -2.05. The number of ether oxygens (including phenoxy) is 1. The molecule has 2 rings (SSSR count). The van der Waals surface area contributed by atoms with Gasteiger partial charge in [-0.05, 0) is 23.8 Å². The van der Waals surface area contributed by atoms with E-state index in [1.54, 1.807) is 19.4 Å². The summed E-state index contributed by atoms with van der Waals surface area (Å²) in [5.41, 5.74) is 2.14. The molecule has 2 aromatic rings. The highest BCUT2D eigenvalue weighted by Crippen LogP contribution is 2.25. The Morgan fingerprint density at radius 2 is 2.12 bits per heavy atom. The van der Waals surface area contributed by atoms with E-state index in [-0.39, 0.29) is 5.15 Å². The fraction of sp³-hybridized carbons (Fsp3) is 0.0769. The van der Waals surface area contributed by atoms with Gasteiger partial charge in [0.25, 0.3) is 0 Å².